The Morgan fingerprint density at radius 1 is 0.500 bits per heavy atom. The van der Waals surface area contributed by atoms with Gasteiger partial charge in [0, 0.05) is 16.8 Å². The van der Waals surface area contributed by atoms with Crippen molar-refractivity contribution in [3.63, 3.8) is 0 Å². The second-order valence-electron chi connectivity index (χ2n) is 9.11. The van der Waals surface area contributed by atoms with Gasteiger partial charge in [-0.2, -0.15) is 36.2 Å². The largest absolute Gasteiger partial charge is 0.178 e. The second-order valence-corrected chi connectivity index (χ2v) is 12.0. The van der Waals surface area contributed by atoms with Crippen molar-refractivity contribution in [1.82, 2.24) is 0 Å². The molecule has 0 spiro atoms. The van der Waals surface area contributed by atoms with E-state index in [1.165, 1.54) is 146 Å². The van der Waals surface area contributed by atoms with Gasteiger partial charge in [-0.15, -0.1) is 0 Å². The summed E-state index contributed by atoms with van der Waals surface area (Å²) in [5.41, 5.74) is 0. The second kappa shape index (κ2) is 28.1. The summed E-state index contributed by atoms with van der Waals surface area (Å²) in [4.78, 5) is 0. The van der Waals surface area contributed by atoms with E-state index in [1.54, 1.807) is 0 Å². The quantitative estimate of drug-likeness (QED) is 0.0973. The Morgan fingerprint density at radius 2 is 0.867 bits per heavy atom. The Labute approximate surface area is 206 Å². The van der Waals surface area contributed by atoms with Gasteiger partial charge in [-0.3, -0.25) is 0 Å². The topological polar surface area (TPSA) is 0 Å². The van der Waals surface area contributed by atoms with Crippen LogP contribution in [0.4, 0.5) is 0 Å². The fraction of sp³-hybridized carbons (Fsp3) is 1.00. The molecule has 0 aliphatic rings. The lowest BCUT2D eigenvalue weighted by molar-refractivity contribution is 0.563. The maximum Gasteiger partial charge on any atom is 0.0226 e. The van der Waals surface area contributed by atoms with Crippen molar-refractivity contribution in [3.05, 3.63) is 0 Å². The van der Waals surface area contributed by atoms with Gasteiger partial charge in [-0.05, 0) is 24.3 Å². The molecule has 1 atom stereocenters. The van der Waals surface area contributed by atoms with E-state index in [-0.39, 0.29) is 0 Å². The smallest absolute Gasteiger partial charge is 0.0226 e. The summed E-state index contributed by atoms with van der Waals surface area (Å²) in [7, 11) is 0. The highest BCUT2D eigenvalue weighted by atomic mass is 32.2. The van der Waals surface area contributed by atoms with Crippen LogP contribution in [0.1, 0.15) is 142 Å². The van der Waals surface area contributed by atoms with Crippen molar-refractivity contribution in [2.45, 2.75) is 148 Å². The molecular formula is C27H56S3. The molecule has 0 aliphatic heterocycles. The highest BCUT2D eigenvalue weighted by Crippen LogP contribution is 2.21. The van der Waals surface area contributed by atoms with E-state index in [2.05, 4.69) is 50.0 Å². The molecule has 0 aliphatic carbocycles. The van der Waals surface area contributed by atoms with Gasteiger partial charge in [-0.25, -0.2) is 0 Å². The highest BCUT2D eigenvalue weighted by molar-refractivity contribution is 8.03. The van der Waals surface area contributed by atoms with Gasteiger partial charge < -0.3 is 0 Å². The molecule has 0 fully saturated rings. The zero-order chi connectivity index (χ0) is 22.0. The van der Waals surface area contributed by atoms with Crippen LogP contribution < -0.4 is 0 Å². The first-order valence-electron chi connectivity index (χ1n) is 13.6. The molecule has 0 amide bonds. The van der Waals surface area contributed by atoms with E-state index in [9.17, 15) is 0 Å². The number of rotatable bonds is 26. The minimum atomic E-state index is 0.764. The van der Waals surface area contributed by atoms with Crippen molar-refractivity contribution in [2.75, 3.05) is 23.0 Å². The monoisotopic (exact) mass is 476 g/mol. The van der Waals surface area contributed by atoms with Gasteiger partial charge in [0.1, 0.15) is 0 Å². The predicted molar refractivity (Wildman–Crippen MR) is 151 cm³/mol. The Balaban J connectivity index is 3.27. The molecule has 0 heterocycles. The molecule has 30 heavy (non-hydrogen) atoms. The maximum atomic E-state index is 4.60. The molecule has 182 valence electrons. The van der Waals surface area contributed by atoms with Crippen molar-refractivity contribution < 1.29 is 0 Å². The van der Waals surface area contributed by atoms with E-state index in [1.807, 2.05) is 0 Å². The Morgan fingerprint density at radius 3 is 1.27 bits per heavy atom. The molecule has 0 radical (unpaired) electrons. The molecule has 0 aromatic carbocycles. The average Bonchev–Trinajstić information content (AvgIpc) is 2.76. The zero-order valence-electron chi connectivity index (χ0n) is 20.8. The van der Waals surface area contributed by atoms with Crippen LogP contribution in [0.25, 0.3) is 0 Å². The summed E-state index contributed by atoms with van der Waals surface area (Å²) >= 11 is 8.96. The molecule has 0 rings (SSSR count). The van der Waals surface area contributed by atoms with Gasteiger partial charge in [0.05, 0.1) is 0 Å². The minimum absolute atomic E-state index is 0.764. The SMILES string of the molecule is CCCCCCCCCCCCSCC(CS)SCCCCCCCCCCCC. The summed E-state index contributed by atoms with van der Waals surface area (Å²) in [5.74, 6) is 5.07. The molecule has 0 aromatic rings. The van der Waals surface area contributed by atoms with Crippen LogP contribution >= 0.6 is 36.2 Å². The summed E-state index contributed by atoms with van der Waals surface area (Å²) in [5, 5.41) is 0.764. The molecule has 1 unspecified atom stereocenters. The minimum Gasteiger partial charge on any atom is -0.178 e. The predicted octanol–water partition coefficient (Wildman–Crippen LogP) is 10.6. The Kier molecular flexibility index (Phi) is 29.1. The number of thioether (sulfide) groups is 2. The standard InChI is InChI=1S/C27H56S3/c1-3-5-7-9-11-13-15-17-19-21-23-29-26-27(25-28)30-24-22-20-18-16-14-12-10-8-6-4-2/h27-28H,3-26H2,1-2H3. The van der Waals surface area contributed by atoms with Crippen LogP contribution in [-0.2, 0) is 0 Å². The van der Waals surface area contributed by atoms with Crippen LogP contribution in [0.3, 0.4) is 0 Å². The number of hydrogen-bond donors (Lipinski definition) is 1. The normalized spacial score (nSPS) is 12.5. The van der Waals surface area contributed by atoms with Crippen molar-refractivity contribution in [3.8, 4) is 0 Å². The van der Waals surface area contributed by atoms with Crippen molar-refractivity contribution >= 4 is 36.2 Å². The first-order valence-corrected chi connectivity index (χ1v) is 16.5. The van der Waals surface area contributed by atoms with Crippen LogP contribution in [0.5, 0.6) is 0 Å². The molecule has 0 N–H and O–H groups in total. The van der Waals surface area contributed by atoms with Crippen LogP contribution in [0.2, 0.25) is 0 Å². The Bertz CT molecular complexity index is 296. The highest BCUT2D eigenvalue weighted by Gasteiger charge is 2.07. The number of thiol groups is 1. The Hall–Kier alpha value is 1.05. The fourth-order valence-corrected chi connectivity index (χ4v) is 6.96. The third kappa shape index (κ3) is 25.3. The third-order valence-corrected chi connectivity index (χ3v) is 9.44. The molecule has 0 saturated carbocycles. The molecule has 0 nitrogen and oxygen atoms in total. The summed E-state index contributed by atoms with van der Waals surface area (Å²) in [6.45, 7) is 4.60. The van der Waals surface area contributed by atoms with Gasteiger partial charge in [0.25, 0.3) is 0 Å². The van der Waals surface area contributed by atoms with Gasteiger partial charge in [0.15, 0.2) is 0 Å². The van der Waals surface area contributed by atoms with E-state index in [0.717, 1.165) is 11.0 Å². The molecule has 3 heteroatoms. The lowest BCUT2D eigenvalue weighted by Crippen LogP contribution is -2.09. The zero-order valence-corrected chi connectivity index (χ0v) is 23.3. The van der Waals surface area contributed by atoms with E-state index in [4.69, 9.17) is 0 Å². The van der Waals surface area contributed by atoms with Crippen LogP contribution in [0, 0.1) is 0 Å². The lowest BCUT2D eigenvalue weighted by atomic mass is 10.1. The van der Waals surface area contributed by atoms with E-state index < -0.39 is 0 Å². The summed E-state index contributed by atoms with van der Waals surface area (Å²) in [6, 6.07) is 0. The molecule has 0 saturated heterocycles. The number of unbranched alkanes of at least 4 members (excludes halogenated alkanes) is 18. The van der Waals surface area contributed by atoms with Gasteiger partial charge in [0.2, 0.25) is 0 Å². The van der Waals surface area contributed by atoms with E-state index >= 15 is 0 Å². The third-order valence-electron chi connectivity index (χ3n) is 6.00. The van der Waals surface area contributed by atoms with Gasteiger partial charge in [-0.1, -0.05) is 129 Å². The average molecular weight is 477 g/mol. The van der Waals surface area contributed by atoms with Crippen molar-refractivity contribution in [2.24, 2.45) is 0 Å². The molecule has 0 aromatic heterocycles. The van der Waals surface area contributed by atoms with E-state index in [0.29, 0.717) is 0 Å². The summed E-state index contributed by atoms with van der Waals surface area (Å²) in [6.07, 6.45) is 28.8. The van der Waals surface area contributed by atoms with Crippen molar-refractivity contribution in [1.29, 1.82) is 0 Å². The van der Waals surface area contributed by atoms with Gasteiger partial charge >= 0.3 is 0 Å². The summed E-state index contributed by atoms with van der Waals surface area (Å²) < 4.78 is 0. The first-order chi connectivity index (χ1) is 14.8. The fourth-order valence-electron chi connectivity index (χ4n) is 3.90. The molecular weight excluding hydrogens is 420 g/mol. The lowest BCUT2D eigenvalue weighted by Gasteiger charge is -2.13. The van der Waals surface area contributed by atoms with Crippen LogP contribution in [0.15, 0.2) is 0 Å². The first kappa shape index (κ1) is 31.0. The molecule has 0 bridgehead atoms. The van der Waals surface area contributed by atoms with Crippen LogP contribution in [-0.4, -0.2) is 28.3 Å². The number of hydrogen-bond acceptors (Lipinski definition) is 3. The maximum absolute atomic E-state index is 4.60.